The number of hydrogen-bond acceptors (Lipinski definition) is 5. The maximum Gasteiger partial charge on any atom is 0.224 e. The van der Waals surface area contributed by atoms with Crippen molar-refractivity contribution in [3.8, 4) is 11.3 Å². The highest BCUT2D eigenvalue weighted by atomic mass is 35.5. The third-order valence-electron chi connectivity index (χ3n) is 3.79. The van der Waals surface area contributed by atoms with E-state index in [0.29, 0.717) is 11.8 Å². The molecule has 2 heterocycles. The van der Waals surface area contributed by atoms with Crippen LogP contribution in [0.25, 0.3) is 11.3 Å². The van der Waals surface area contributed by atoms with Gasteiger partial charge in [0, 0.05) is 41.8 Å². The molecular formula is C18H18ClN5. The van der Waals surface area contributed by atoms with Gasteiger partial charge in [-0.2, -0.15) is 4.98 Å². The molecule has 0 spiro atoms. The van der Waals surface area contributed by atoms with Gasteiger partial charge in [-0.15, -0.1) is 0 Å². The standard InChI is InChI=1S/C18H18ClN5/c1-11-4-5-14(19)12(2)17(11)23-16-10-15(22-18(20-3)24-16)13-6-8-21-9-7-13/h4-10H,1-3H3,(H2,20,22,23,24). The number of nitrogens with one attached hydrogen (secondary N) is 2. The van der Waals surface area contributed by atoms with Gasteiger partial charge in [-0.05, 0) is 43.2 Å². The molecule has 0 bridgehead atoms. The molecule has 0 aliphatic heterocycles. The van der Waals surface area contributed by atoms with Crippen LogP contribution in [0.5, 0.6) is 0 Å². The molecule has 3 rings (SSSR count). The summed E-state index contributed by atoms with van der Waals surface area (Å²) < 4.78 is 0. The Morgan fingerprint density at radius 3 is 2.46 bits per heavy atom. The maximum absolute atomic E-state index is 6.25. The number of aryl methyl sites for hydroxylation is 1. The zero-order valence-corrected chi connectivity index (χ0v) is 14.5. The Kier molecular flexibility index (Phi) is 4.62. The lowest BCUT2D eigenvalue weighted by atomic mass is 10.1. The van der Waals surface area contributed by atoms with Gasteiger partial charge in [0.2, 0.25) is 5.95 Å². The van der Waals surface area contributed by atoms with Gasteiger partial charge in [-0.25, -0.2) is 4.98 Å². The van der Waals surface area contributed by atoms with E-state index in [1.807, 2.05) is 44.2 Å². The number of anilines is 3. The second kappa shape index (κ2) is 6.84. The summed E-state index contributed by atoms with van der Waals surface area (Å²) >= 11 is 6.25. The van der Waals surface area contributed by atoms with E-state index in [0.717, 1.165) is 33.1 Å². The predicted octanol–water partition coefficient (Wildman–Crippen LogP) is 4.59. The molecule has 6 heteroatoms. The number of pyridine rings is 1. The van der Waals surface area contributed by atoms with Crippen LogP contribution in [0, 0.1) is 13.8 Å². The van der Waals surface area contributed by atoms with Crippen LogP contribution in [0.1, 0.15) is 11.1 Å². The van der Waals surface area contributed by atoms with E-state index in [2.05, 4.69) is 25.6 Å². The molecule has 2 N–H and O–H groups in total. The summed E-state index contributed by atoms with van der Waals surface area (Å²) in [6, 6.07) is 9.64. The summed E-state index contributed by atoms with van der Waals surface area (Å²) in [5.74, 6) is 1.25. The molecule has 0 unspecified atom stereocenters. The van der Waals surface area contributed by atoms with Crippen LogP contribution in [0.3, 0.4) is 0 Å². The highest BCUT2D eigenvalue weighted by molar-refractivity contribution is 6.31. The van der Waals surface area contributed by atoms with E-state index in [4.69, 9.17) is 11.6 Å². The topological polar surface area (TPSA) is 62.7 Å². The number of aromatic nitrogens is 3. The van der Waals surface area contributed by atoms with E-state index >= 15 is 0 Å². The van der Waals surface area contributed by atoms with Crippen molar-refractivity contribution in [1.29, 1.82) is 0 Å². The minimum atomic E-state index is 0.546. The SMILES string of the molecule is CNc1nc(Nc2c(C)ccc(Cl)c2C)cc(-c2ccncc2)n1. The summed E-state index contributed by atoms with van der Waals surface area (Å²) in [5.41, 5.74) is 4.85. The first-order valence-electron chi connectivity index (χ1n) is 7.58. The molecule has 0 saturated carbocycles. The monoisotopic (exact) mass is 339 g/mol. The normalized spacial score (nSPS) is 10.5. The van der Waals surface area contributed by atoms with Crippen molar-refractivity contribution in [2.45, 2.75) is 13.8 Å². The Morgan fingerprint density at radius 1 is 1.00 bits per heavy atom. The Morgan fingerprint density at radius 2 is 1.75 bits per heavy atom. The zero-order valence-electron chi connectivity index (χ0n) is 13.8. The van der Waals surface area contributed by atoms with Crippen LogP contribution in [-0.4, -0.2) is 22.0 Å². The van der Waals surface area contributed by atoms with Crippen molar-refractivity contribution in [1.82, 2.24) is 15.0 Å². The highest BCUT2D eigenvalue weighted by Crippen LogP contribution is 2.30. The summed E-state index contributed by atoms with van der Waals surface area (Å²) in [6.45, 7) is 4.03. The van der Waals surface area contributed by atoms with Crippen molar-refractivity contribution in [3.05, 3.63) is 58.9 Å². The van der Waals surface area contributed by atoms with E-state index < -0.39 is 0 Å². The molecule has 24 heavy (non-hydrogen) atoms. The number of rotatable bonds is 4. The van der Waals surface area contributed by atoms with Crippen LogP contribution < -0.4 is 10.6 Å². The lowest BCUT2D eigenvalue weighted by molar-refractivity contribution is 1.15. The van der Waals surface area contributed by atoms with E-state index in [1.165, 1.54) is 0 Å². The Hall–Kier alpha value is -2.66. The average Bonchev–Trinajstić information content (AvgIpc) is 2.62. The lowest BCUT2D eigenvalue weighted by Gasteiger charge is -2.15. The maximum atomic E-state index is 6.25. The molecule has 122 valence electrons. The van der Waals surface area contributed by atoms with Crippen LogP contribution >= 0.6 is 11.6 Å². The molecule has 0 saturated heterocycles. The molecule has 0 amide bonds. The number of hydrogen-bond donors (Lipinski definition) is 2. The largest absolute Gasteiger partial charge is 0.357 e. The van der Waals surface area contributed by atoms with Crippen LogP contribution in [-0.2, 0) is 0 Å². The Labute approximate surface area is 146 Å². The first kappa shape index (κ1) is 16.2. The molecule has 3 aromatic rings. The average molecular weight is 340 g/mol. The smallest absolute Gasteiger partial charge is 0.224 e. The number of halogens is 1. The lowest BCUT2D eigenvalue weighted by Crippen LogP contribution is -2.04. The fourth-order valence-electron chi connectivity index (χ4n) is 2.44. The minimum Gasteiger partial charge on any atom is -0.357 e. The van der Waals surface area contributed by atoms with Crippen LogP contribution in [0.15, 0.2) is 42.7 Å². The summed E-state index contributed by atoms with van der Waals surface area (Å²) in [7, 11) is 1.80. The van der Waals surface area contributed by atoms with Crippen molar-refractivity contribution in [2.75, 3.05) is 17.7 Å². The van der Waals surface area contributed by atoms with Gasteiger partial charge in [-0.1, -0.05) is 17.7 Å². The predicted molar refractivity (Wildman–Crippen MR) is 99.0 cm³/mol. The highest BCUT2D eigenvalue weighted by Gasteiger charge is 2.10. The molecule has 0 aliphatic carbocycles. The molecule has 0 aliphatic rings. The van der Waals surface area contributed by atoms with Crippen LogP contribution in [0.4, 0.5) is 17.5 Å². The van der Waals surface area contributed by atoms with Gasteiger partial charge in [0.1, 0.15) is 5.82 Å². The summed E-state index contributed by atoms with van der Waals surface area (Å²) in [5, 5.41) is 7.10. The molecule has 0 atom stereocenters. The van der Waals surface area contributed by atoms with Gasteiger partial charge in [0.05, 0.1) is 5.69 Å². The number of nitrogens with zero attached hydrogens (tertiary/aromatic N) is 3. The first-order chi connectivity index (χ1) is 11.6. The second-order valence-corrected chi connectivity index (χ2v) is 5.84. The quantitative estimate of drug-likeness (QED) is 0.727. The van der Waals surface area contributed by atoms with E-state index in [1.54, 1.807) is 19.4 Å². The van der Waals surface area contributed by atoms with Gasteiger partial charge in [0.15, 0.2) is 0 Å². The van der Waals surface area contributed by atoms with Gasteiger partial charge in [0.25, 0.3) is 0 Å². The van der Waals surface area contributed by atoms with Gasteiger partial charge >= 0.3 is 0 Å². The summed E-state index contributed by atoms with van der Waals surface area (Å²) in [6.07, 6.45) is 3.49. The van der Waals surface area contributed by atoms with Crippen LogP contribution in [0.2, 0.25) is 5.02 Å². The Balaban J connectivity index is 2.04. The number of benzene rings is 1. The van der Waals surface area contributed by atoms with E-state index in [-0.39, 0.29) is 0 Å². The first-order valence-corrected chi connectivity index (χ1v) is 7.96. The Bertz CT molecular complexity index is 865. The minimum absolute atomic E-state index is 0.546. The molecular weight excluding hydrogens is 322 g/mol. The molecule has 0 fully saturated rings. The van der Waals surface area contributed by atoms with Gasteiger partial charge < -0.3 is 10.6 Å². The fraction of sp³-hybridized carbons (Fsp3) is 0.167. The van der Waals surface area contributed by atoms with Crippen molar-refractivity contribution < 1.29 is 0 Å². The molecule has 2 aromatic heterocycles. The third-order valence-corrected chi connectivity index (χ3v) is 4.20. The van der Waals surface area contributed by atoms with Gasteiger partial charge in [-0.3, -0.25) is 4.98 Å². The molecule has 0 radical (unpaired) electrons. The van der Waals surface area contributed by atoms with Crippen molar-refractivity contribution in [3.63, 3.8) is 0 Å². The van der Waals surface area contributed by atoms with Crippen molar-refractivity contribution >= 4 is 29.1 Å². The zero-order chi connectivity index (χ0) is 17.1. The molecule has 5 nitrogen and oxygen atoms in total. The third kappa shape index (κ3) is 3.31. The van der Waals surface area contributed by atoms with E-state index in [9.17, 15) is 0 Å². The molecule has 1 aromatic carbocycles. The summed E-state index contributed by atoms with van der Waals surface area (Å²) in [4.78, 5) is 13.0. The van der Waals surface area contributed by atoms with Crippen molar-refractivity contribution in [2.24, 2.45) is 0 Å². The fourth-order valence-corrected chi connectivity index (χ4v) is 2.59. The second-order valence-electron chi connectivity index (χ2n) is 5.44.